The lowest BCUT2D eigenvalue weighted by atomic mass is 9.92. The molecular formula is C23H30N6O3. The van der Waals surface area contributed by atoms with E-state index in [4.69, 9.17) is 4.98 Å². The van der Waals surface area contributed by atoms with Crippen LogP contribution in [-0.2, 0) is 6.54 Å². The third-order valence-electron chi connectivity index (χ3n) is 6.13. The molecule has 0 aliphatic carbocycles. The number of hydroxylamine groups is 2. The predicted octanol–water partition coefficient (Wildman–Crippen LogP) is 2.82. The van der Waals surface area contributed by atoms with Crippen LogP contribution in [0.1, 0.15) is 71.5 Å². The Balaban J connectivity index is 1.69. The first-order valence-corrected chi connectivity index (χ1v) is 11.0. The number of hydrogen-bond acceptors (Lipinski definition) is 6. The first-order chi connectivity index (χ1) is 15.2. The van der Waals surface area contributed by atoms with Crippen molar-refractivity contribution in [1.29, 1.82) is 0 Å². The Bertz CT molecular complexity index is 1200. The van der Waals surface area contributed by atoms with E-state index < -0.39 is 0 Å². The van der Waals surface area contributed by atoms with Gasteiger partial charge >= 0.3 is 0 Å². The molecule has 32 heavy (non-hydrogen) atoms. The van der Waals surface area contributed by atoms with Crippen molar-refractivity contribution in [3.05, 3.63) is 56.8 Å². The number of aromatic amines is 1. The van der Waals surface area contributed by atoms with E-state index in [-0.39, 0.29) is 30.0 Å². The molecule has 3 aromatic rings. The van der Waals surface area contributed by atoms with Crippen LogP contribution < -0.4 is 10.9 Å². The Hall–Kier alpha value is -3.04. The Labute approximate surface area is 186 Å². The standard InChI is InChI=1S/C23H30N6O3/c1-13(2)29-21-19(12-25-29)17(10-20(27-21)16-5-7-28(32)8-6-16)22(30)24-11-18-14(3)9-15(4)26-23(18)31/h9-10,12-13,16,32H,5-8,11H2,1-4H3,(H,24,30)(H,26,31). The lowest BCUT2D eigenvalue weighted by molar-refractivity contribution is -0.106. The molecule has 9 heteroatoms. The molecule has 4 heterocycles. The highest BCUT2D eigenvalue weighted by molar-refractivity contribution is 6.05. The van der Waals surface area contributed by atoms with Gasteiger partial charge in [0.05, 0.1) is 17.1 Å². The normalized spacial score (nSPS) is 15.6. The van der Waals surface area contributed by atoms with Crippen molar-refractivity contribution in [3.63, 3.8) is 0 Å². The number of aromatic nitrogens is 4. The summed E-state index contributed by atoms with van der Waals surface area (Å²) >= 11 is 0. The van der Waals surface area contributed by atoms with Gasteiger partial charge in [-0.05, 0) is 58.2 Å². The van der Waals surface area contributed by atoms with Gasteiger partial charge in [-0.1, -0.05) is 0 Å². The van der Waals surface area contributed by atoms with Crippen molar-refractivity contribution < 1.29 is 10.0 Å². The van der Waals surface area contributed by atoms with Crippen molar-refractivity contribution in [1.82, 2.24) is 30.1 Å². The maximum absolute atomic E-state index is 13.3. The molecule has 9 nitrogen and oxygen atoms in total. The average Bonchev–Trinajstić information content (AvgIpc) is 3.17. The first kappa shape index (κ1) is 22.2. The molecule has 0 saturated carbocycles. The molecule has 0 bridgehead atoms. The quantitative estimate of drug-likeness (QED) is 0.564. The second-order valence-corrected chi connectivity index (χ2v) is 8.87. The monoisotopic (exact) mass is 438 g/mol. The van der Waals surface area contributed by atoms with Gasteiger partial charge in [-0.15, -0.1) is 0 Å². The van der Waals surface area contributed by atoms with Gasteiger partial charge in [-0.2, -0.15) is 10.2 Å². The van der Waals surface area contributed by atoms with E-state index in [1.165, 1.54) is 5.06 Å². The van der Waals surface area contributed by atoms with Crippen LogP contribution in [0.25, 0.3) is 11.0 Å². The number of aryl methyl sites for hydroxylation is 2. The molecule has 3 aromatic heterocycles. The third-order valence-corrected chi connectivity index (χ3v) is 6.13. The summed E-state index contributed by atoms with van der Waals surface area (Å²) in [4.78, 5) is 33.2. The van der Waals surface area contributed by atoms with E-state index >= 15 is 0 Å². The zero-order chi connectivity index (χ0) is 23.0. The molecule has 0 radical (unpaired) electrons. The summed E-state index contributed by atoms with van der Waals surface area (Å²) in [6, 6.07) is 3.83. The summed E-state index contributed by atoms with van der Waals surface area (Å²) in [6.07, 6.45) is 3.22. The minimum atomic E-state index is -0.263. The summed E-state index contributed by atoms with van der Waals surface area (Å²) in [7, 11) is 0. The number of nitrogens with one attached hydrogen (secondary N) is 2. The number of rotatable bonds is 5. The Morgan fingerprint density at radius 3 is 2.66 bits per heavy atom. The topological polar surface area (TPSA) is 116 Å². The van der Waals surface area contributed by atoms with Crippen LogP contribution in [-0.4, -0.2) is 49.0 Å². The van der Waals surface area contributed by atoms with Crippen LogP contribution in [0.15, 0.2) is 23.1 Å². The number of fused-ring (bicyclic) bond motifs is 1. The summed E-state index contributed by atoms with van der Waals surface area (Å²) in [6.45, 7) is 9.04. The zero-order valence-corrected chi connectivity index (χ0v) is 19.0. The Morgan fingerprint density at radius 2 is 2.00 bits per heavy atom. The van der Waals surface area contributed by atoms with Crippen molar-refractivity contribution in [2.24, 2.45) is 0 Å². The van der Waals surface area contributed by atoms with Gasteiger partial charge in [-0.25, -0.2) is 9.67 Å². The molecule has 4 rings (SSSR count). The van der Waals surface area contributed by atoms with Gasteiger partial charge in [0.1, 0.15) is 0 Å². The van der Waals surface area contributed by atoms with Crippen molar-refractivity contribution >= 4 is 16.9 Å². The Morgan fingerprint density at radius 1 is 1.28 bits per heavy atom. The van der Waals surface area contributed by atoms with Crippen molar-refractivity contribution in [2.45, 2.75) is 59.0 Å². The molecule has 0 unspecified atom stereocenters. The van der Waals surface area contributed by atoms with Crippen LogP contribution in [0.3, 0.4) is 0 Å². The third kappa shape index (κ3) is 4.31. The van der Waals surface area contributed by atoms with Gasteiger partial charge in [0.15, 0.2) is 5.65 Å². The van der Waals surface area contributed by atoms with E-state index in [0.717, 1.165) is 29.8 Å². The van der Waals surface area contributed by atoms with Gasteiger partial charge in [0.25, 0.3) is 11.5 Å². The fraction of sp³-hybridized carbons (Fsp3) is 0.478. The molecule has 170 valence electrons. The van der Waals surface area contributed by atoms with E-state index in [1.807, 2.05) is 44.5 Å². The molecule has 0 atom stereocenters. The Kier molecular flexibility index (Phi) is 6.12. The highest BCUT2D eigenvalue weighted by atomic mass is 16.5. The lowest BCUT2D eigenvalue weighted by Gasteiger charge is -2.27. The summed E-state index contributed by atoms with van der Waals surface area (Å²) < 4.78 is 1.83. The number of pyridine rings is 2. The molecule has 1 aliphatic rings. The van der Waals surface area contributed by atoms with Gasteiger partial charge < -0.3 is 15.5 Å². The fourth-order valence-electron chi connectivity index (χ4n) is 4.34. The predicted molar refractivity (Wildman–Crippen MR) is 121 cm³/mol. The molecule has 3 N–H and O–H groups in total. The van der Waals surface area contributed by atoms with Crippen LogP contribution in [0.4, 0.5) is 0 Å². The second kappa shape index (κ2) is 8.84. The smallest absolute Gasteiger partial charge is 0.253 e. The summed E-state index contributed by atoms with van der Waals surface area (Å²) in [5, 5.41) is 19.1. The first-order valence-electron chi connectivity index (χ1n) is 11.0. The number of hydrogen-bond donors (Lipinski definition) is 3. The minimum absolute atomic E-state index is 0.0965. The van der Waals surface area contributed by atoms with E-state index in [0.29, 0.717) is 35.2 Å². The SMILES string of the molecule is Cc1cc(C)c(CNC(=O)c2cc(C3CCN(O)CC3)nc3c2cnn3C(C)C)c(=O)[nH]1. The number of nitrogens with zero attached hydrogens (tertiary/aromatic N) is 4. The maximum Gasteiger partial charge on any atom is 0.253 e. The van der Waals surface area contributed by atoms with Gasteiger partial charge in [0, 0.05) is 48.5 Å². The minimum Gasteiger partial charge on any atom is -0.348 e. The van der Waals surface area contributed by atoms with Crippen molar-refractivity contribution in [2.75, 3.05) is 13.1 Å². The summed E-state index contributed by atoms with van der Waals surface area (Å²) in [5.41, 5.74) is 4.01. The van der Waals surface area contributed by atoms with Crippen LogP contribution >= 0.6 is 0 Å². The van der Waals surface area contributed by atoms with Crippen LogP contribution in [0.5, 0.6) is 0 Å². The highest BCUT2D eigenvalue weighted by Gasteiger charge is 2.25. The highest BCUT2D eigenvalue weighted by Crippen LogP contribution is 2.30. The number of piperidine rings is 1. The van der Waals surface area contributed by atoms with E-state index in [1.54, 1.807) is 6.20 Å². The molecule has 0 aromatic carbocycles. The van der Waals surface area contributed by atoms with Crippen LogP contribution in [0.2, 0.25) is 0 Å². The van der Waals surface area contributed by atoms with Gasteiger partial charge in [-0.3, -0.25) is 9.59 Å². The molecule has 0 spiro atoms. The molecule has 1 aliphatic heterocycles. The number of H-pyrrole nitrogens is 1. The molecule has 1 saturated heterocycles. The number of carbonyl (C=O) groups is 1. The zero-order valence-electron chi connectivity index (χ0n) is 19.0. The molecule has 1 amide bonds. The fourth-order valence-corrected chi connectivity index (χ4v) is 4.34. The number of carbonyl (C=O) groups excluding carboxylic acids is 1. The maximum atomic E-state index is 13.3. The van der Waals surface area contributed by atoms with E-state index in [2.05, 4.69) is 15.4 Å². The summed E-state index contributed by atoms with van der Waals surface area (Å²) in [5.74, 6) is -0.104. The van der Waals surface area contributed by atoms with Crippen LogP contribution in [0, 0.1) is 13.8 Å². The van der Waals surface area contributed by atoms with Crippen molar-refractivity contribution in [3.8, 4) is 0 Å². The lowest BCUT2D eigenvalue weighted by Crippen LogP contribution is -2.31. The van der Waals surface area contributed by atoms with E-state index in [9.17, 15) is 14.8 Å². The largest absolute Gasteiger partial charge is 0.348 e. The second-order valence-electron chi connectivity index (χ2n) is 8.87. The molecule has 1 fully saturated rings. The molecular weight excluding hydrogens is 408 g/mol. The number of amides is 1. The average molecular weight is 439 g/mol. The van der Waals surface area contributed by atoms with Gasteiger partial charge in [0.2, 0.25) is 0 Å².